The lowest BCUT2D eigenvalue weighted by Gasteiger charge is -2.05. The van der Waals surface area contributed by atoms with Gasteiger partial charge in [-0.3, -0.25) is 9.78 Å². The topological polar surface area (TPSA) is 72.4 Å². The van der Waals surface area contributed by atoms with Crippen molar-refractivity contribution < 1.29 is 5.11 Å². The first-order valence-corrected chi connectivity index (χ1v) is 6.83. The monoisotopic (exact) mass is 292 g/mol. The van der Waals surface area contributed by atoms with E-state index < -0.39 is 0 Å². The van der Waals surface area contributed by atoms with Crippen molar-refractivity contribution in [2.24, 2.45) is 0 Å². The Kier molecular flexibility index (Phi) is 2.69. The standard InChI is InChI=1S/C16H12N4O2/c21-14-9-15(22)20-13-4-2-1-3-12(13)19(16(20)18-14)10-11-5-7-17-8-6-11/h1-9,21H,10H2. The van der Waals surface area contributed by atoms with Gasteiger partial charge in [0.2, 0.25) is 11.7 Å². The molecule has 0 saturated carbocycles. The second-order valence-corrected chi connectivity index (χ2v) is 5.02. The third-order valence-electron chi connectivity index (χ3n) is 3.63. The number of fused-ring (bicyclic) bond motifs is 3. The maximum Gasteiger partial charge on any atom is 0.263 e. The molecule has 0 aliphatic heterocycles. The summed E-state index contributed by atoms with van der Waals surface area (Å²) >= 11 is 0. The third-order valence-corrected chi connectivity index (χ3v) is 3.63. The van der Waals surface area contributed by atoms with Crippen LogP contribution in [0.5, 0.6) is 5.88 Å². The predicted octanol–water partition coefficient (Wildman–Crippen LogP) is 1.80. The Bertz CT molecular complexity index is 1030. The minimum atomic E-state index is -0.299. The number of hydrogen-bond acceptors (Lipinski definition) is 4. The highest BCUT2D eigenvalue weighted by molar-refractivity contribution is 5.80. The lowest BCUT2D eigenvalue weighted by molar-refractivity contribution is 0.452. The minimum Gasteiger partial charge on any atom is -0.493 e. The van der Waals surface area contributed by atoms with E-state index >= 15 is 0 Å². The van der Waals surface area contributed by atoms with Gasteiger partial charge in [0.05, 0.1) is 23.6 Å². The summed E-state index contributed by atoms with van der Waals surface area (Å²) < 4.78 is 3.42. The fourth-order valence-electron chi connectivity index (χ4n) is 2.68. The normalized spacial score (nSPS) is 11.3. The van der Waals surface area contributed by atoms with E-state index in [2.05, 4.69) is 9.97 Å². The third kappa shape index (κ3) is 1.85. The quantitative estimate of drug-likeness (QED) is 0.611. The molecule has 108 valence electrons. The van der Waals surface area contributed by atoms with E-state index in [1.807, 2.05) is 41.0 Å². The summed E-state index contributed by atoms with van der Waals surface area (Å²) in [5.41, 5.74) is 2.39. The van der Waals surface area contributed by atoms with Crippen LogP contribution in [0, 0.1) is 0 Å². The van der Waals surface area contributed by atoms with E-state index in [9.17, 15) is 9.90 Å². The lowest BCUT2D eigenvalue weighted by atomic mass is 10.2. The molecule has 6 nitrogen and oxygen atoms in total. The zero-order valence-corrected chi connectivity index (χ0v) is 11.5. The van der Waals surface area contributed by atoms with Crippen molar-refractivity contribution in [2.75, 3.05) is 0 Å². The fraction of sp³-hybridized carbons (Fsp3) is 0.0625. The van der Waals surface area contributed by atoms with Crippen molar-refractivity contribution in [3.8, 4) is 5.88 Å². The highest BCUT2D eigenvalue weighted by Gasteiger charge is 2.14. The van der Waals surface area contributed by atoms with Gasteiger partial charge < -0.3 is 9.67 Å². The van der Waals surface area contributed by atoms with Gasteiger partial charge in [0, 0.05) is 12.4 Å². The molecule has 1 N–H and O–H groups in total. The second-order valence-electron chi connectivity index (χ2n) is 5.02. The Morgan fingerprint density at radius 1 is 1.05 bits per heavy atom. The summed E-state index contributed by atoms with van der Waals surface area (Å²) in [5.74, 6) is 0.145. The summed E-state index contributed by atoms with van der Waals surface area (Å²) in [6, 6.07) is 12.5. The lowest BCUT2D eigenvalue weighted by Crippen LogP contribution is -2.13. The SMILES string of the molecule is O=c1cc(O)nc2n(Cc3ccncc3)c3ccccc3n12. The van der Waals surface area contributed by atoms with E-state index in [0.29, 0.717) is 12.3 Å². The molecule has 0 amide bonds. The molecule has 0 atom stereocenters. The molecular formula is C16H12N4O2. The molecule has 3 heterocycles. The number of aromatic nitrogens is 4. The fourth-order valence-corrected chi connectivity index (χ4v) is 2.68. The Labute approximate surface area is 124 Å². The van der Waals surface area contributed by atoms with Crippen LogP contribution in [0.2, 0.25) is 0 Å². The van der Waals surface area contributed by atoms with Crippen LogP contribution in [0.25, 0.3) is 16.8 Å². The van der Waals surface area contributed by atoms with Crippen molar-refractivity contribution in [2.45, 2.75) is 6.54 Å². The van der Waals surface area contributed by atoms with Gasteiger partial charge in [-0.2, -0.15) is 4.98 Å². The number of hydrogen-bond donors (Lipinski definition) is 1. The second kappa shape index (κ2) is 4.70. The zero-order chi connectivity index (χ0) is 15.1. The molecular weight excluding hydrogens is 280 g/mol. The summed E-state index contributed by atoms with van der Waals surface area (Å²) in [6.45, 7) is 0.537. The van der Waals surface area contributed by atoms with Crippen molar-refractivity contribution in [3.63, 3.8) is 0 Å². The van der Waals surface area contributed by atoms with Crippen LogP contribution in [0.3, 0.4) is 0 Å². The van der Waals surface area contributed by atoms with Crippen molar-refractivity contribution in [3.05, 3.63) is 70.8 Å². The first-order valence-electron chi connectivity index (χ1n) is 6.83. The molecule has 0 saturated heterocycles. The molecule has 0 unspecified atom stereocenters. The number of aromatic hydroxyl groups is 1. The van der Waals surface area contributed by atoms with E-state index in [1.165, 1.54) is 4.40 Å². The number of nitrogens with zero attached hydrogens (tertiary/aromatic N) is 4. The number of pyridine rings is 1. The van der Waals surface area contributed by atoms with Crippen LogP contribution >= 0.6 is 0 Å². The molecule has 4 aromatic rings. The Morgan fingerprint density at radius 2 is 1.77 bits per heavy atom. The first kappa shape index (κ1) is 12.6. The molecule has 0 bridgehead atoms. The average molecular weight is 292 g/mol. The first-order chi connectivity index (χ1) is 10.7. The molecule has 0 aliphatic rings. The molecule has 4 rings (SSSR count). The molecule has 6 heteroatoms. The number of imidazole rings is 1. The zero-order valence-electron chi connectivity index (χ0n) is 11.5. The number of benzene rings is 1. The van der Waals surface area contributed by atoms with Gasteiger partial charge in [0.15, 0.2) is 0 Å². The van der Waals surface area contributed by atoms with Gasteiger partial charge in [-0.05, 0) is 29.8 Å². The van der Waals surface area contributed by atoms with Crippen LogP contribution in [-0.2, 0) is 6.54 Å². The van der Waals surface area contributed by atoms with Crippen LogP contribution < -0.4 is 5.56 Å². The summed E-state index contributed by atoms with van der Waals surface area (Å²) in [4.78, 5) is 20.4. The van der Waals surface area contributed by atoms with Gasteiger partial charge in [0.1, 0.15) is 0 Å². The molecule has 0 fully saturated rings. The van der Waals surface area contributed by atoms with Crippen molar-refractivity contribution in [1.29, 1.82) is 0 Å². The molecule has 0 aliphatic carbocycles. The van der Waals surface area contributed by atoms with Crippen LogP contribution in [0.15, 0.2) is 59.7 Å². The largest absolute Gasteiger partial charge is 0.493 e. The van der Waals surface area contributed by atoms with E-state index in [4.69, 9.17) is 0 Å². The smallest absolute Gasteiger partial charge is 0.263 e. The number of para-hydroxylation sites is 2. The van der Waals surface area contributed by atoms with Crippen LogP contribution in [0.4, 0.5) is 0 Å². The highest BCUT2D eigenvalue weighted by atomic mass is 16.3. The molecule has 1 aromatic carbocycles. The summed E-state index contributed by atoms with van der Waals surface area (Å²) in [7, 11) is 0. The van der Waals surface area contributed by atoms with Gasteiger partial charge in [-0.1, -0.05) is 12.1 Å². The molecule has 3 aromatic heterocycles. The molecule has 0 spiro atoms. The van der Waals surface area contributed by atoms with E-state index in [-0.39, 0.29) is 11.4 Å². The average Bonchev–Trinajstić information content (AvgIpc) is 2.83. The Morgan fingerprint density at radius 3 is 2.55 bits per heavy atom. The van der Waals surface area contributed by atoms with Crippen molar-refractivity contribution in [1.82, 2.24) is 18.9 Å². The van der Waals surface area contributed by atoms with E-state index in [1.54, 1.807) is 12.4 Å². The highest BCUT2D eigenvalue weighted by Crippen LogP contribution is 2.20. The number of rotatable bonds is 2. The van der Waals surface area contributed by atoms with E-state index in [0.717, 1.165) is 22.7 Å². The van der Waals surface area contributed by atoms with Crippen LogP contribution in [0.1, 0.15) is 5.56 Å². The molecule has 0 radical (unpaired) electrons. The summed E-state index contributed by atoms with van der Waals surface area (Å²) in [6.07, 6.45) is 3.45. The van der Waals surface area contributed by atoms with Gasteiger partial charge in [-0.15, -0.1) is 0 Å². The maximum atomic E-state index is 12.2. The van der Waals surface area contributed by atoms with Gasteiger partial charge in [-0.25, -0.2) is 4.40 Å². The van der Waals surface area contributed by atoms with Crippen molar-refractivity contribution >= 4 is 16.8 Å². The van der Waals surface area contributed by atoms with Crippen LogP contribution in [-0.4, -0.2) is 24.0 Å². The Hall–Kier alpha value is -3.15. The Balaban J connectivity index is 2.08. The summed E-state index contributed by atoms with van der Waals surface area (Å²) in [5, 5.41) is 9.68. The van der Waals surface area contributed by atoms with Gasteiger partial charge >= 0.3 is 0 Å². The maximum absolute atomic E-state index is 12.2. The minimum absolute atomic E-state index is 0.274. The predicted molar refractivity (Wildman–Crippen MR) is 82.0 cm³/mol. The molecule has 22 heavy (non-hydrogen) atoms. The van der Waals surface area contributed by atoms with Gasteiger partial charge in [0.25, 0.3) is 5.56 Å².